The van der Waals surface area contributed by atoms with Crippen LogP contribution in [-0.4, -0.2) is 23.4 Å². The summed E-state index contributed by atoms with van der Waals surface area (Å²) in [4.78, 5) is 24.5. The Bertz CT molecular complexity index is 373. The molecule has 0 aromatic rings. The van der Waals surface area contributed by atoms with Gasteiger partial charge in [-0.25, -0.2) is 0 Å². The van der Waals surface area contributed by atoms with Gasteiger partial charge >= 0.3 is 0 Å². The predicted octanol–water partition coefficient (Wildman–Crippen LogP) is 4.96. The monoisotopic (exact) mass is 354 g/mol. The van der Waals surface area contributed by atoms with Crippen LogP contribution in [-0.2, 0) is 9.59 Å². The van der Waals surface area contributed by atoms with Crippen molar-refractivity contribution >= 4 is 11.8 Å². The molecule has 0 aromatic heterocycles. The zero-order valence-corrected chi connectivity index (χ0v) is 17.5. The van der Waals surface area contributed by atoms with Gasteiger partial charge in [0.15, 0.2) is 0 Å². The van der Waals surface area contributed by atoms with Crippen LogP contribution in [0.4, 0.5) is 0 Å². The summed E-state index contributed by atoms with van der Waals surface area (Å²) in [5, 5.41) is 5.87. The average molecular weight is 355 g/mol. The van der Waals surface area contributed by atoms with Gasteiger partial charge in [0.25, 0.3) is 0 Å². The first-order chi connectivity index (χ1) is 11.7. The van der Waals surface area contributed by atoms with Crippen molar-refractivity contribution in [2.24, 2.45) is 5.92 Å². The fourth-order valence-electron chi connectivity index (χ4n) is 2.82. The molecule has 0 unspecified atom stereocenters. The van der Waals surface area contributed by atoms with Crippen LogP contribution in [0.5, 0.6) is 0 Å². The molecule has 2 N–H and O–H groups in total. The van der Waals surface area contributed by atoms with Crippen LogP contribution in [0.1, 0.15) is 106 Å². The van der Waals surface area contributed by atoms with Gasteiger partial charge in [-0.1, -0.05) is 72.1 Å². The third-order valence-corrected chi connectivity index (χ3v) is 4.27. The van der Waals surface area contributed by atoms with E-state index in [-0.39, 0.29) is 23.3 Å². The number of amides is 2. The van der Waals surface area contributed by atoms with Crippen LogP contribution >= 0.6 is 0 Å². The fourth-order valence-corrected chi connectivity index (χ4v) is 2.82. The Morgan fingerprint density at radius 2 is 1.32 bits per heavy atom. The van der Waals surface area contributed by atoms with E-state index in [2.05, 4.69) is 17.6 Å². The quantitative estimate of drug-likeness (QED) is 0.459. The van der Waals surface area contributed by atoms with Gasteiger partial charge in [-0.3, -0.25) is 9.59 Å². The highest BCUT2D eigenvalue weighted by molar-refractivity contribution is 5.88. The van der Waals surface area contributed by atoms with E-state index in [0.717, 1.165) is 12.8 Å². The second-order valence-corrected chi connectivity index (χ2v) is 8.61. The average Bonchev–Trinajstić information content (AvgIpc) is 2.48. The summed E-state index contributed by atoms with van der Waals surface area (Å²) in [6.45, 7) is 12.0. The summed E-state index contributed by atoms with van der Waals surface area (Å²) in [7, 11) is 0. The van der Waals surface area contributed by atoms with Gasteiger partial charge < -0.3 is 10.6 Å². The molecule has 0 heterocycles. The molecular formula is C21H42N2O2. The minimum absolute atomic E-state index is 0.00861. The molecule has 0 bridgehead atoms. The minimum atomic E-state index is -0.453. The number of carbonyl (C=O) groups excluding carboxylic acids is 2. The standard InChI is InChI=1S/C21H42N2O2/c1-7-8-9-10-11-12-13-14-15-16-18(24)22-19(17(2)3)20(25)23-21(4,5)6/h17,19H,7-16H2,1-6H3,(H,22,24)(H,23,25)/t19-/m0/s1. The number of rotatable bonds is 13. The van der Waals surface area contributed by atoms with Gasteiger partial charge in [-0.15, -0.1) is 0 Å². The van der Waals surface area contributed by atoms with Crippen molar-refractivity contribution < 1.29 is 9.59 Å². The van der Waals surface area contributed by atoms with E-state index in [1.807, 2.05) is 34.6 Å². The molecule has 0 aliphatic carbocycles. The van der Waals surface area contributed by atoms with Crippen molar-refractivity contribution in [1.29, 1.82) is 0 Å². The number of carbonyl (C=O) groups is 2. The molecule has 0 aliphatic heterocycles. The Kier molecular flexibility index (Phi) is 12.6. The first-order valence-corrected chi connectivity index (χ1v) is 10.3. The van der Waals surface area contributed by atoms with Gasteiger partial charge in [-0.2, -0.15) is 0 Å². The summed E-state index contributed by atoms with van der Waals surface area (Å²) < 4.78 is 0. The lowest BCUT2D eigenvalue weighted by atomic mass is 10.0. The summed E-state index contributed by atoms with van der Waals surface area (Å²) in [6.07, 6.45) is 11.6. The van der Waals surface area contributed by atoms with Gasteiger partial charge in [0.05, 0.1) is 0 Å². The summed E-state index contributed by atoms with van der Waals surface area (Å²) >= 11 is 0. The van der Waals surface area contributed by atoms with Crippen molar-refractivity contribution in [3.05, 3.63) is 0 Å². The van der Waals surface area contributed by atoms with Crippen LogP contribution in [0.15, 0.2) is 0 Å². The molecule has 25 heavy (non-hydrogen) atoms. The molecule has 0 aliphatic rings. The molecule has 4 heteroatoms. The smallest absolute Gasteiger partial charge is 0.243 e. The second-order valence-electron chi connectivity index (χ2n) is 8.61. The molecule has 2 amide bonds. The molecule has 0 aromatic carbocycles. The summed E-state index contributed by atoms with van der Waals surface area (Å²) in [5.41, 5.74) is -0.286. The van der Waals surface area contributed by atoms with Crippen LogP contribution in [0.3, 0.4) is 0 Å². The first kappa shape index (κ1) is 23.9. The predicted molar refractivity (Wildman–Crippen MR) is 107 cm³/mol. The SMILES string of the molecule is CCCCCCCCCCCC(=O)N[C@H](C(=O)NC(C)(C)C)C(C)C. The van der Waals surface area contributed by atoms with E-state index in [9.17, 15) is 9.59 Å². The van der Waals surface area contributed by atoms with Crippen LogP contribution < -0.4 is 10.6 Å². The Morgan fingerprint density at radius 1 is 0.840 bits per heavy atom. The van der Waals surface area contributed by atoms with Crippen LogP contribution in [0, 0.1) is 5.92 Å². The van der Waals surface area contributed by atoms with Gasteiger partial charge in [0, 0.05) is 12.0 Å². The van der Waals surface area contributed by atoms with E-state index in [1.54, 1.807) is 0 Å². The lowest BCUT2D eigenvalue weighted by molar-refractivity contribution is -0.131. The minimum Gasteiger partial charge on any atom is -0.350 e. The molecule has 0 rings (SSSR count). The maximum Gasteiger partial charge on any atom is 0.243 e. The highest BCUT2D eigenvalue weighted by Crippen LogP contribution is 2.11. The highest BCUT2D eigenvalue weighted by Gasteiger charge is 2.26. The Labute approximate surface area is 155 Å². The molecule has 0 saturated heterocycles. The largest absolute Gasteiger partial charge is 0.350 e. The van der Waals surface area contributed by atoms with Crippen molar-refractivity contribution in [2.45, 2.75) is 117 Å². The van der Waals surface area contributed by atoms with Gasteiger partial charge in [0.1, 0.15) is 6.04 Å². The Hall–Kier alpha value is -1.06. The Morgan fingerprint density at radius 3 is 1.76 bits per heavy atom. The van der Waals surface area contributed by atoms with E-state index in [4.69, 9.17) is 0 Å². The Balaban J connectivity index is 3.95. The van der Waals surface area contributed by atoms with Crippen molar-refractivity contribution in [3.63, 3.8) is 0 Å². The van der Waals surface area contributed by atoms with E-state index < -0.39 is 6.04 Å². The zero-order valence-electron chi connectivity index (χ0n) is 17.5. The number of unbranched alkanes of at least 4 members (excludes halogenated alkanes) is 8. The normalized spacial score (nSPS) is 12.9. The molecule has 4 nitrogen and oxygen atoms in total. The van der Waals surface area contributed by atoms with Crippen molar-refractivity contribution in [3.8, 4) is 0 Å². The fraction of sp³-hybridized carbons (Fsp3) is 0.905. The van der Waals surface area contributed by atoms with Crippen molar-refractivity contribution in [1.82, 2.24) is 10.6 Å². The molecule has 0 saturated carbocycles. The van der Waals surface area contributed by atoms with Gasteiger partial charge in [-0.05, 0) is 33.1 Å². The van der Waals surface area contributed by atoms with E-state index in [1.165, 1.54) is 44.9 Å². The zero-order chi connectivity index (χ0) is 19.3. The lowest BCUT2D eigenvalue weighted by Crippen LogP contribution is -2.54. The maximum atomic E-state index is 12.3. The van der Waals surface area contributed by atoms with Crippen LogP contribution in [0.2, 0.25) is 0 Å². The summed E-state index contributed by atoms with van der Waals surface area (Å²) in [5.74, 6) is -0.0249. The first-order valence-electron chi connectivity index (χ1n) is 10.3. The number of nitrogens with one attached hydrogen (secondary N) is 2. The highest BCUT2D eigenvalue weighted by atomic mass is 16.2. The molecule has 148 valence electrons. The molecule has 0 spiro atoms. The van der Waals surface area contributed by atoms with E-state index in [0.29, 0.717) is 6.42 Å². The number of hydrogen-bond acceptors (Lipinski definition) is 2. The summed E-state index contributed by atoms with van der Waals surface area (Å²) in [6, 6.07) is -0.453. The van der Waals surface area contributed by atoms with Gasteiger partial charge in [0.2, 0.25) is 11.8 Å². The molecule has 0 radical (unpaired) electrons. The third-order valence-electron chi connectivity index (χ3n) is 4.27. The van der Waals surface area contributed by atoms with Crippen LogP contribution in [0.25, 0.3) is 0 Å². The molecular weight excluding hydrogens is 312 g/mol. The third kappa shape index (κ3) is 13.9. The molecule has 1 atom stereocenters. The van der Waals surface area contributed by atoms with E-state index >= 15 is 0 Å². The van der Waals surface area contributed by atoms with Crippen molar-refractivity contribution in [2.75, 3.05) is 0 Å². The lowest BCUT2D eigenvalue weighted by Gasteiger charge is -2.27. The molecule has 0 fully saturated rings. The second kappa shape index (κ2) is 13.2. The topological polar surface area (TPSA) is 58.2 Å². The number of hydrogen-bond donors (Lipinski definition) is 2. The maximum absolute atomic E-state index is 12.3.